The number of nitrogens with one attached hydrogen (secondary N) is 3. The molecule has 6 aromatic rings. The zero-order chi connectivity index (χ0) is 24.9. The standard InChI is InChI=1S/C27H21BN6O3/c1-4-10-19(11-5-1)25-22(16-29-32-25)35-28(36-23-17-30-33-26(23)20-12-6-2-7-13-20)37-24-18-31-34-27(24)21-14-8-3-9-15-21/h1-18H,(H,29,32)(H,30,33)(H,31,34). The predicted octanol–water partition coefficient (Wildman–Crippen LogP) is 5.38. The monoisotopic (exact) mass is 488 g/mol. The molecule has 0 aliphatic carbocycles. The summed E-state index contributed by atoms with van der Waals surface area (Å²) in [5.74, 6) is 1.39. The summed E-state index contributed by atoms with van der Waals surface area (Å²) in [5, 5.41) is 21.5. The van der Waals surface area contributed by atoms with Gasteiger partial charge in [-0.3, -0.25) is 15.3 Å². The lowest BCUT2D eigenvalue weighted by Crippen LogP contribution is -2.37. The number of H-pyrrole nitrogens is 3. The lowest BCUT2D eigenvalue weighted by atomic mass is 10.1. The molecule has 0 fully saturated rings. The number of rotatable bonds is 9. The van der Waals surface area contributed by atoms with E-state index in [4.69, 9.17) is 14.0 Å². The van der Waals surface area contributed by atoms with Gasteiger partial charge in [0, 0.05) is 16.7 Å². The highest BCUT2D eigenvalue weighted by Crippen LogP contribution is 2.33. The van der Waals surface area contributed by atoms with E-state index in [0.717, 1.165) is 16.7 Å². The van der Waals surface area contributed by atoms with E-state index in [2.05, 4.69) is 30.6 Å². The molecule has 180 valence electrons. The Morgan fingerprint density at radius 3 is 1.03 bits per heavy atom. The molecule has 3 N–H and O–H groups in total. The first-order valence-corrected chi connectivity index (χ1v) is 11.6. The molecule has 0 atom stereocenters. The van der Waals surface area contributed by atoms with E-state index in [-0.39, 0.29) is 0 Å². The molecule has 0 aliphatic heterocycles. The van der Waals surface area contributed by atoms with Crippen molar-refractivity contribution < 1.29 is 14.0 Å². The molecule has 0 amide bonds. The van der Waals surface area contributed by atoms with Gasteiger partial charge in [0.25, 0.3) is 0 Å². The number of aromatic amines is 3. The Labute approximate surface area is 212 Å². The minimum absolute atomic E-state index is 0.464. The van der Waals surface area contributed by atoms with Crippen LogP contribution < -0.4 is 14.0 Å². The van der Waals surface area contributed by atoms with E-state index in [1.165, 1.54) is 0 Å². The fourth-order valence-corrected chi connectivity index (χ4v) is 3.91. The van der Waals surface area contributed by atoms with Crippen molar-refractivity contribution in [2.75, 3.05) is 0 Å². The SMILES string of the molecule is c1ccc(-c2[nH]ncc2OB(Oc2cn[nH]c2-c2ccccc2)Oc2cn[nH]c2-c2ccccc2)cc1. The number of benzene rings is 3. The summed E-state index contributed by atoms with van der Waals surface area (Å²) in [4.78, 5) is 0. The van der Waals surface area contributed by atoms with Crippen LogP contribution in [0.25, 0.3) is 33.8 Å². The van der Waals surface area contributed by atoms with Crippen molar-refractivity contribution >= 4 is 7.32 Å². The highest BCUT2D eigenvalue weighted by molar-refractivity contribution is 6.40. The molecular formula is C27H21BN6O3. The second kappa shape index (κ2) is 10.2. The topological polar surface area (TPSA) is 114 Å². The molecular weight excluding hydrogens is 467 g/mol. The molecule has 0 radical (unpaired) electrons. The summed E-state index contributed by atoms with van der Waals surface area (Å²) in [5.41, 5.74) is 4.83. The van der Waals surface area contributed by atoms with E-state index in [1.807, 2.05) is 91.0 Å². The fourth-order valence-electron chi connectivity index (χ4n) is 3.91. The molecule has 3 aromatic heterocycles. The van der Waals surface area contributed by atoms with E-state index < -0.39 is 7.32 Å². The Kier molecular flexibility index (Phi) is 6.11. The smallest absolute Gasteiger partial charge is 0.486 e. The van der Waals surface area contributed by atoms with Gasteiger partial charge in [0.2, 0.25) is 0 Å². The van der Waals surface area contributed by atoms with Gasteiger partial charge < -0.3 is 14.0 Å². The van der Waals surface area contributed by atoms with Gasteiger partial charge in [0.1, 0.15) is 17.1 Å². The van der Waals surface area contributed by atoms with E-state index in [9.17, 15) is 0 Å². The van der Waals surface area contributed by atoms with E-state index in [0.29, 0.717) is 34.3 Å². The third-order valence-electron chi connectivity index (χ3n) is 5.67. The maximum absolute atomic E-state index is 6.25. The maximum atomic E-state index is 6.25. The molecule has 37 heavy (non-hydrogen) atoms. The molecule has 3 aromatic carbocycles. The van der Waals surface area contributed by atoms with Crippen LogP contribution in [0.1, 0.15) is 0 Å². The number of hydrogen-bond donors (Lipinski definition) is 3. The summed E-state index contributed by atoms with van der Waals surface area (Å²) in [7, 11) is -1.19. The fraction of sp³-hybridized carbons (Fsp3) is 0. The summed E-state index contributed by atoms with van der Waals surface area (Å²) >= 11 is 0. The highest BCUT2D eigenvalue weighted by Gasteiger charge is 2.35. The van der Waals surface area contributed by atoms with Crippen LogP contribution >= 0.6 is 0 Å². The molecule has 0 spiro atoms. The van der Waals surface area contributed by atoms with Crippen LogP contribution in [0, 0.1) is 0 Å². The zero-order valence-corrected chi connectivity index (χ0v) is 19.5. The van der Waals surface area contributed by atoms with Gasteiger partial charge in [0.15, 0.2) is 17.2 Å². The normalized spacial score (nSPS) is 10.7. The molecule has 0 unspecified atom stereocenters. The van der Waals surface area contributed by atoms with Crippen LogP contribution in [0.5, 0.6) is 17.2 Å². The molecule has 0 bridgehead atoms. The Morgan fingerprint density at radius 1 is 0.432 bits per heavy atom. The summed E-state index contributed by atoms with van der Waals surface area (Å²) in [6, 6.07) is 29.3. The molecule has 10 heteroatoms. The van der Waals surface area contributed by atoms with Crippen LogP contribution in [0.15, 0.2) is 110 Å². The van der Waals surface area contributed by atoms with Crippen molar-refractivity contribution in [3.05, 3.63) is 110 Å². The Hall–Kier alpha value is -5.25. The van der Waals surface area contributed by atoms with Gasteiger partial charge >= 0.3 is 7.32 Å². The van der Waals surface area contributed by atoms with Crippen molar-refractivity contribution in [3.63, 3.8) is 0 Å². The van der Waals surface area contributed by atoms with Gasteiger partial charge in [-0.25, -0.2) is 0 Å². The van der Waals surface area contributed by atoms with Gasteiger partial charge in [0.05, 0.1) is 18.6 Å². The maximum Gasteiger partial charge on any atom is 0.864 e. The Bertz CT molecular complexity index is 1380. The molecule has 0 saturated carbocycles. The van der Waals surface area contributed by atoms with Crippen LogP contribution in [0.2, 0.25) is 0 Å². The first-order chi connectivity index (χ1) is 18.3. The van der Waals surface area contributed by atoms with Gasteiger partial charge in [-0.15, -0.1) is 0 Å². The van der Waals surface area contributed by atoms with E-state index in [1.54, 1.807) is 18.6 Å². The average Bonchev–Trinajstić information content (AvgIpc) is 3.72. The molecule has 3 heterocycles. The largest absolute Gasteiger partial charge is 0.864 e. The quantitative estimate of drug-likeness (QED) is 0.236. The van der Waals surface area contributed by atoms with Crippen molar-refractivity contribution in [3.8, 4) is 51.0 Å². The van der Waals surface area contributed by atoms with Gasteiger partial charge in [-0.05, 0) is 0 Å². The summed E-state index contributed by atoms with van der Waals surface area (Å²) in [6.07, 6.45) is 4.76. The van der Waals surface area contributed by atoms with E-state index >= 15 is 0 Å². The van der Waals surface area contributed by atoms with Crippen molar-refractivity contribution in [2.24, 2.45) is 0 Å². The van der Waals surface area contributed by atoms with Crippen LogP contribution in [-0.2, 0) is 0 Å². The summed E-state index contributed by atoms with van der Waals surface area (Å²) in [6.45, 7) is 0. The van der Waals surface area contributed by atoms with Crippen LogP contribution in [-0.4, -0.2) is 37.9 Å². The lowest BCUT2D eigenvalue weighted by Gasteiger charge is -2.16. The van der Waals surface area contributed by atoms with Crippen LogP contribution in [0.3, 0.4) is 0 Å². The molecule has 0 aliphatic rings. The predicted molar refractivity (Wildman–Crippen MR) is 140 cm³/mol. The Morgan fingerprint density at radius 2 is 0.730 bits per heavy atom. The van der Waals surface area contributed by atoms with Gasteiger partial charge in [-0.2, -0.15) is 15.3 Å². The lowest BCUT2D eigenvalue weighted by molar-refractivity contribution is 0.309. The molecule has 9 nitrogen and oxygen atoms in total. The first-order valence-electron chi connectivity index (χ1n) is 11.6. The number of aromatic nitrogens is 6. The highest BCUT2D eigenvalue weighted by atomic mass is 16.7. The second-order valence-corrected chi connectivity index (χ2v) is 8.07. The van der Waals surface area contributed by atoms with Crippen molar-refractivity contribution in [1.82, 2.24) is 30.6 Å². The summed E-state index contributed by atoms with van der Waals surface area (Å²) < 4.78 is 18.7. The third-order valence-corrected chi connectivity index (χ3v) is 5.67. The van der Waals surface area contributed by atoms with Crippen LogP contribution in [0.4, 0.5) is 0 Å². The zero-order valence-electron chi connectivity index (χ0n) is 19.5. The van der Waals surface area contributed by atoms with Crippen molar-refractivity contribution in [1.29, 1.82) is 0 Å². The minimum atomic E-state index is -1.19. The first kappa shape index (κ1) is 22.2. The number of hydrogen-bond acceptors (Lipinski definition) is 6. The Balaban J connectivity index is 1.34. The number of nitrogens with zero attached hydrogens (tertiary/aromatic N) is 3. The van der Waals surface area contributed by atoms with Gasteiger partial charge in [-0.1, -0.05) is 91.0 Å². The molecule has 0 saturated heterocycles. The minimum Gasteiger partial charge on any atom is -0.486 e. The molecule has 6 rings (SSSR count). The third kappa shape index (κ3) is 4.80. The van der Waals surface area contributed by atoms with Crippen molar-refractivity contribution in [2.45, 2.75) is 0 Å². The second-order valence-electron chi connectivity index (χ2n) is 8.07. The average molecular weight is 488 g/mol.